The summed E-state index contributed by atoms with van der Waals surface area (Å²) in [5, 5.41) is 0. The number of rotatable bonds is 2. The lowest BCUT2D eigenvalue weighted by Gasteiger charge is -1.97. The molecular formula is C6H9BrN2. The van der Waals surface area contributed by atoms with Gasteiger partial charge >= 0.3 is 0 Å². The second kappa shape index (κ2) is 3.01. The molecule has 0 aromatic carbocycles. The number of hydrogen-bond donors (Lipinski definition) is 0. The molecule has 0 unspecified atom stereocenters. The minimum atomic E-state index is 0.921. The lowest BCUT2D eigenvalue weighted by Crippen LogP contribution is -1.93. The minimum absolute atomic E-state index is 0.921. The Bertz CT molecular complexity index is 183. The molecule has 0 bridgehead atoms. The predicted molar refractivity (Wildman–Crippen MR) is 40.2 cm³/mol. The molecule has 50 valence electrons. The lowest BCUT2D eigenvalue weighted by molar-refractivity contribution is 0.664. The Balaban J connectivity index is 2.69. The van der Waals surface area contributed by atoms with Gasteiger partial charge in [0.2, 0.25) is 0 Å². The van der Waals surface area contributed by atoms with Crippen molar-refractivity contribution < 1.29 is 0 Å². The van der Waals surface area contributed by atoms with E-state index in [2.05, 4.69) is 32.4 Å². The summed E-state index contributed by atoms with van der Waals surface area (Å²) in [6, 6.07) is 0. The van der Waals surface area contributed by atoms with Gasteiger partial charge in [0.15, 0.2) is 4.73 Å². The average Bonchev–Trinajstić information content (AvgIpc) is 2.18. The number of aromatic nitrogens is 2. The van der Waals surface area contributed by atoms with Gasteiger partial charge < -0.3 is 4.57 Å². The van der Waals surface area contributed by atoms with Crippen LogP contribution in [-0.4, -0.2) is 9.55 Å². The van der Waals surface area contributed by atoms with Crippen molar-refractivity contribution in [3.8, 4) is 0 Å². The fourth-order valence-electron chi connectivity index (χ4n) is 0.719. The molecule has 0 spiro atoms. The van der Waals surface area contributed by atoms with Crippen molar-refractivity contribution in [2.24, 2.45) is 0 Å². The zero-order valence-corrected chi connectivity index (χ0v) is 6.93. The quantitative estimate of drug-likeness (QED) is 0.696. The van der Waals surface area contributed by atoms with Crippen molar-refractivity contribution in [1.29, 1.82) is 0 Å². The van der Waals surface area contributed by atoms with Gasteiger partial charge in [-0.15, -0.1) is 0 Å². The first-order chi connectivity index (χ1) is 4.34. The molecule has 1 aromatic heterocycles. The van der Waals surface area contributed by atoms with Crippen LogP contribution >= 0.6 is 15.9 Å². The maximum absolute atomic E-state index is 4.01. The maximum atomic E-state index is 4.01. The SMILES string of the molecule is CCCn1ccnc1Br. The molecule has 0 fully saturated rings. The van der Waals surface area contributed by atoms with E-state index in [-0.39, 0.29) is 0 Å². The molecule has 3 heteroatoms. The zero-order chi connectivity index (χ0) is 6.69. The molecule has 0 aliphatic carbocycles. The van der Waals surface area contributed by atoms with Gasteiger partial charge in [-0.3, -0.25) is 0 Å². The van der Waals surface area contributed by atoms with Crippen LogP contribution in [0.3, 0.4) is 0 Å². The average molecular weight is 189 g/mol. The van der Waals surface area contributed by atoms with Gasteiger partial charge in [-0.25, -0.2) is 4.98 Å². The Labute approximate surface area is 63.0 Å². The van der Waals surface area contributed by atoms with E-state index >= 15 is 0 Å². The van der Waals surface area contributed by atoms with E-state index in [4.69, 9.17) is 0 Å². The summed E-state index contributed by atoms with van der Waals surface area (Å²) in [6.45, 7) is 3.19. The third-order valence-corrected chi connectivity index (χ3v) is 1.79. The van der Waals surface area contributed by atoms with E-state index in [9.17, 15) is 0 Å². The first kappa shape index (κ1) is 6.81. The van der Waals surface area contributed by atoms with Gasteiger partial charge in [0.05, 0.1) is 0 Å². The van der Waals surface area contributed by atoms with Gasteiger partial charge in [0, 0.05) is 18.9 Å². The van der Waals surface area contributed by atoms with Gasteiger partial charge in [-0.2, -0.15) is 0 Å². The molecule has 9 heavy (non-hydrogen) atoms. The third kappa shape index (κ3) is 1.55. The van der Waals surface area contributed by atoms with Crippen molar-refractivity contribution in [1.82, 2.24) is 9.55 Å². The van der Waals surface area contributed by atoms with Crippen LogP contribution in [0.15, 0.2) is 17.1 Å². The minimum Gasteiger partial charge on any atom is -0.326 e. The first-order valence-corrected chi connectivity index (χ1v) is 3.80. The van der Waals surface area contributed by atoms with Gasteiger partial charge in [0.25, 0.3) is 0 Å². The number of halogens is 1. The van der Waals surface area contributed by atoms with Crippen molar-refractivity contribution in [3.05, 3.63) is 17.1 Å². The van der Waals surface area contributed by atoms with E-state index in [1.165, 1.54) is 0 Å². The van der Waals surface area contributed by atoms with Crippen molar-refractivity contribution in [3.63, 3.8) is 0 Å². The van der Waals surface area contributed by atoms with Gasteiger partial charge in [-0.1, -0.05) is 6.92 Å². The molecular weight excluding hydrogens is 180 g/mol. The van der Waals surface area contributed by atoms with E-state index < -0.39 is 0 Å². The fraction of sp³-hybridized carbons (Fsp3) is 0.500. The van der Waals surface area contributed by atoms with Crippen LogP contribution in [-0.2, 0) is 6.54 Å². The molecule has 0 aliphatic rings. The van der Waals surface area contributed by atoms with E-state index in [1.807, 2.05) is 6.20 Å². The van der Waals surface area contributed by atoms with E-state index in [1.54, 1.807) is 6.20 Å². The molecule has 0 aliphatic heterocycles. The molecule has 1 heterocycles. The second-order valence-electron chi connectivity index (χ2n) is 1.89. The number of hydrogen-bond acceptors (Lipinski definition) is 1. The summed E-state index contributed by atoms with van der Waals surface area (Å²) in [6.07, 6.45) is 4.91. The summed E-state index contributed by atoms with van der Waals surface area (Å²) < 4.78 is 2.99. The molecule has 0 atom stereocenters. The van der Waals surface area contributed by atoms with Crippen molar-refractivity contribution in [2.45, 2.75) is 19.9 Å². The Hall–Kier alpha value is -0.310. The topological polar surface area (TPSA) is 17.8 Å². The van der Waals surface area contributed by atoms with Crippen LogP contribution < -0.4 is 0 Å². The highest BCUT2D eigenvalue weighted by Crippen LogP contribution is 2.05. The third-order valence-electron chi connectivity index (χ3n) is 1.13. The first-order valence-electron chi connectivity index (χ1n) is 3.01. The number of nitrogens with zero attached hydrogens (tertiary/aromatic N) is 2. The van der Waals surface area contributed by atoms with Crippen LogP contribution in [0.5, 0.6) is 0 Å². The van der Waals surface area contributed by atoms with Crippen LogP contribution in [0.2, 0.25) is 0 Å². The Morgan fingerprint density at radius 1 is 1.78 bits per heavy atom. The monoisotopic (exact) mass is 188 g/mol. The molecule has 0 radical (unpaired) electrons. The van der Waals surface area contributed by atoms with E-state index in [0.717, 1.165) is 17.7 Å². The molecule has 0 saturated carbocycles. The normalized spacial score (nSPS) is 10.0. The standard InChI is InChI=1S/C6H9BrN2/c1-2-4-9-5-3-8-6(9)7/h3,5H,2,4H2,1H3. The summed E-state index contributed by atoms with van der Waals surface area (Å²) >= 11 is 3.32. The lowest BCUT2D eigenvalue weighted by atomic mass is 10.5. The number of imidazole rings is 1. The molecule has 2 nitrogen and oxygen atoms in total. The van der Waals surface area contributed by atoms with Gasteiger partial charge in [0.1, 0.15) is 0 Å². The van der Waals surface area contributed by atoms with Crippen LogP contribution in [0.4, 0.5) is 0 Å². The highest BCUT2D eigenvalue weighted by Gasteiger charge is 1.93. The highest BCUT2D eigenvalue weighted by atomic mass is 79.9. The summed E-state index contributed by atoms with van der Waals surface area (Å²) in [7, 11) is 0. The van der Waals surface area contributed by atoms with Crippen LogP contribution in [0.25, 0.3) is 0 Å². The Morgan fingerprint density at radius 3 is 3.00 bits per heavy atom. The predicted octanol–water partition coefficient (Wildman–Crippen LogP) is 2.06. The highest BCUT2D eigenvalue weighted by molar-refractivity contribution is 9.10. The Kier molecular flexibility index (Phi) is 2.28. The number of aryl methyl sites for hydroxylation is 1. The fourth-order valence-corrected chi connectivity index (χ4v) is 1.13. The summed E-state index contributed by atoms with van der Waals surface area (Å²) in [5.74, 6) is 0. The summed E-state index contributed by atoms with van der Waals surface area (Å²) in [5.41, 5.74) is 0. The molecule has 1 aromatic rings. The molecule has 0 saturated heterocycles. The van der Waals surface area contributed by atoms with Crippen molar-refractivity contribution >= 4 is 15.9 Å². The largest absolute Gasteiger partial charge is 0.326 e. The van der Waals surface area contributed by atoms with Crippen LogP contribution in [0.1, 0.15) is 13.3 Å². The zero-order valence-electron chi connectivity index (χ0n) is 5.34. The summed E-state index contributed by atoms with van der Waals surface area (Å²) in [4.78, 5) is 4.01. The van der Waals surface area contributed by atoms with E-state index in [0.29, 0.717) is 0 Å². The van der Waals surface area contributed by atoms with Crippen molar-refractivity contribution in [2.75, 3.05) is 0 Å². The van der Waals surface area contributed by atoms with Gasteiger partial charge in [-0.05, 0) is 22.4 Å². The molecule has 0 N–H and O–H groups in total. The maximum Gasteiger partial charge on any atom is 0.177 e. The molecule has 0 amide bonds. The smallest absolute Gasteiger partial charge is 0.177 e. The Morgan fingerprint density at radius 2 is 2.56 bits per heavy atom. The van der Waals surface area contributed by atoms with Crippen LogP contribution in [0, 0.1) is 0 Å². The molecule has 1 rings (SSSR count). The second-order valence-corrected chi connectivity index (χ2v) is 2.60.